The molecule has 1 aromatic heterocycles. The lowest BCUT2D eigenvalue weighted by Gasteiger charge is -2.20. The Kier molecular flexibility index (Phi) is 5.84. The van der Waals surface area contributed by atoms with E-state index >= 15 is 0 Å². The summed E-state index contributed by atoms with van der Waals surface area (Å²) < 4.78 is 30.5. The number of hydrogen-bond donors (Lipinski definition) is 1. The summed E-state index contributed by atoms with van der Waals surface area (Å²) in [6, 6.07) is 3.79. The second kappa shape index (κ2) is 7.42. The van der Waals surface area contributed by atoms with Gasteiger partial charge in [-0.15, -0.1) is 0 Å². The van der Waals surface area contributed by atoms with Crippen molar-refractivity contribution in [3.63, 3.8) is 0 Å². The molecule has 0 unspecified atom stereocenters. The predicted octanol–water partition coefficient (Wildman–Crippen LogP) is 2.73. The number of sulfonamides is 1. The molecule has 0 radical (unpaired) electrons. The summed E-state index contributed by atoms with van der Waals surface area (Å²) in [5.74, 6) is 0.678. The highest BCUT2D eigenvalue weighted by atomic mass is 32.2. The molecule has 1 N–H and O–H groups in total. The molecule has 1 heterocycles. The molecule has 1 saturated carbocycles. The maximum atomic E-state index is 11.9. The SMILES string of the molecule is CN(C)S(=O)(=O)c1ccc(CNC2CCCCCCC2)o1. The van der Waals surface area contributed by atoms with Crippen LogP contribution in [0, 0.1) is 0 Å². The highest BCUT2D eigenvalue weighted by molar-refractivity contribution is 7.88. The second-order valence-electron chi connectivity index (χ2n) is 5.93. The van der Waals surface area contributed by atoms with Gasteiger partial charge in [-0.2, -0.15) is 0 Å². The summed E-state index contributed by atoms with van der Waals surface area (Å²) >= 11 is 0. The normalized spacial score (nSPS) is 18.6. The third-order valence-electron chi connectivity index (χ3n) is 4.04. The van der Waals surface area contributed by atoms with E-state index in [-0.39, 0.29) is 5.09 Å². The largest absolute Gasteiger partial charge is 0.447 e. The van der Waals surface area contributed by atoms with Gasteiger partial charge in [-0.3, -0.25) is 0 Å². The number of nitrogens with zero attached hydrogens (tertiary/aromatic N) is 1. The van der Waals surface area contributed by atoms with E-state index in [1.165, 1.54) is 65.1 Å². The highest BCUT2D eigenvalue weighted by Gasteiger charge is 2.21. The minimum absolute atomic E-state index is 0.0157. The highest BCUT2D eigenvalue weighted by Crippen LogP contribution is 2.19. The fraction of sp³-hybridized carbons (Fsp3) is 0.733. The van der Waals surface area contributed by atoms with Crippen LogP contribution in [-0.2, 0) is 16.6 Å². The Morgan fingerprint density at radius 2 is 1.76 bits per heavy atom. The van der Waals surface area contributed by atoms with Gasteiger partial charge in [-0.1, -0.05) is 32.1 Å². The third kappa shape index (κ3) is 4.56. The van der Waals surface area contributed by atoms with Crippen molar-refractivity contribution >= 4 is 10.0 Å². The molecule has 0 spiro atoms. The molecule has 1 aliphatic rings. The van der Waals surface area contributed by atoms with Gasteiger partial charge in [0.2, 0.25) is 5.09 Å². The zero-order valence-corrected chi connectivity index (χ0v) is 13.8. The zero-order chi connectivity index (χ0) is 15.3. The van der Waals surface area contributed by atoms with Crippen LogP contribution in [-0.4, -0.2) is 32.9 Å². The Bertz CT molecular complexity index is 529. The minimum Gasteiger partial charge on any atom is -0.447 e. The van der Waals surface area contributed by atoms with Crippen molar-refractivity contribution in [3.8, 4) is 0 Å². The number of furan rings is 1. The van der Waals surface area contributed by atoms with E-state index < -0.39 is 10.0 Å². The molecular weight excluding hydrogens is 288 g/mol. The van der Waals surface area contributed by atoms with Crippen LogP contribution in [0.25, 0.3) is 0 Å². The van der Waals surface area contributed by atoms with E-state index in [0.717, 1.165) is 4.31 Å². The summed E-state index contributed by atoms with van der Waals surface area (Å²) in [6.07, 6.45) is 8.95. The molecule has 0 amide bonds. The molecule has 0 saturated heterocycles. The first kappa shape index (κ1) is 16.5. The van der Waals surface area contributed by atoms with Crippen LogP contribution in [0.4, 0.5) is 0 Å². The Hall–Kier alpha value is -0.850. The number of nitrogens with one attached hydrogen (secondary N) is 1. The van der Waals surface area contributed by atoms with Crippen LogP contribution in [0.3, 0.4) is 0 Å². The van der Waals surface area contributed by atoms with Gasteiger partial charge in [-0.05, 0) is 25.0 Å². The average Bonchev–Trinajstić information content (AvgIpc) is 2.86. The van der Waals surface area contributed by atoms with Crippen LogP contribution in [0.5, 0.6) is 0 Å². The molecule has 0 atom stereocenters. The van der Waals surface area contributed by atoms with E-state index in [1.54, 1.807) is 6.07 Å². The van der Waals surface area contributed by atoms with Crippen molar-refractivity contribution in [2.75, 3.05) is 14.1 Å². The second-order valence-corrected chi connectivity index (χ2v) is 8.01. The lowest BCUT2D eigenvalue weighted by molar-refractivity contribution is 0.350. The molecular formula is C15H26N2O3S. The zero-order valence-electron chi connectivity index (χ0n) is 13.0. The molecule has 120 valence electrons. The lowest BCUT2D eigenvalue weighted by Crippen LogP contribution is -2.29. The monoisotopic (exact) mass is 314 g/mol. The van der Waals surface area contributed by atoms with Crippen LogP contribution in [0.2, 0.25) is 0 Å². The van der Waals surface area contributed by atoms with E-state index in [0.29, 0.717) is 18.3 Å². The van der Waals surface area contributed by atoms with Crippen LogP contribution < -0.4 is 5.32 Å². The first-order valence-electron chi connectivity index (χ1n) is 7.75. The molecule has 1 aliphatic carbocycles. The Morgan fingerprint density at radius 1 is 1.14 bits per heavy atom. The molecule has 0 bridgehead atoms. The van der Waals surface area contributed by atoms with Crippen LogP contribution >= 0.6 is 0 Å². The van der Waals surface area contributed by atoms with Gasteiger partial charge >= 0.3 is 0 Å². The predicted molar refractivity (Wildman–Crippen MR) is 82.5 cm³/mol. The standard InChI is InChI=1S/C15H26N2O3S/c1-17(2)21(18,19)15-11-10-14(20-15)12-16-13-8-6-4-3-5-7-9-13/h10-11,13,16H,3-9,12H2,1-2H3. The number of hydrogen-bond acceptors (Lipinski definition) is 4. The van der Waals surface area contributed by atoms with Gasteiger partial charge in [0.05, 0.1) is 6.54 Å². The fourth-order valence-electron chi connectivity index (χ4n) is 2.68. The van der Waals surface area contributed by atoms with Crippen molar-refractivity contribution < 1.29 is 12.8 Å². The molecule has 1 fully saturated rings. The summed E-state index contributed by atoms with van der Waals surface area (Å²) in [5.41, 5.74) is 0. The van der Waals surface area contributed by atoms with Crippen molar-refractivity contribution in [1.29, 1.82) is 0 Å². The average molecular weight is 314 g/mol. The van der Waals surface area contributed by atoms with E-state index in [1.807, 2.05) is 0 Å². The maximum Gasteiger partial charge on any atom is 0.275 e. The third-order valence-corrected chi connectivity index (χ3v) is 5.73. The van der Waals surface area contributed by atoms with Crippen molar-refractivity contribution in [2.24, 2.45) is 0 Å². The Balaban J connectivity index is 1.90. The molecule has 6 heteroatoms. The van der Waals surface area contributed by atoms with Crippen molar-refractivity contribution in [3.05, 3.63) is 17.9 Å². The van der Waals surface area contributed by atoms with Gasteiger partial charge in [0.15, 0.2) is 0 Å². The topological polar surface area (TPSA) is 62.6 Å². The molecule has 5 nitrogen and oxygen atoms in total. The molecule has 2 rings (SSSR count). The fourth-order valence-corrected chi connectivity index (χ4v) is 3.49. The summed E-state index contributed by atoms with van der Waals surface area (Å²) in [6.45, 7) is 0.591. The van der Waals surface area contributed by atoms with Crippen LogP contribution in [0.1, 0.15) is 50.7 Å². The number of rotatable bonds is 5. The van der Waals surface area contributed by atoms with Gasteiger partial charge in [0, 0.05) is 20.1 Å². The molecule has 0 aliphatic heterocycles. The first-order chi connectivity index (χ1) is 10.00. The summed E-state index contributed by atoms with van der Waals surface area (Å²) in [7, 11) is -0.462. The van der Waals surface area contributed by atoms with Gasteiger partial charge in [0.1, 0.15) is 5.76 Å². The Morgan fingerprint density at radius 3 is 2.38 bits per heavy atom. The first-order valence-corrected chi connectivity index (χ1v) is 9.19. The van der Waals surface area contributed by atoms with Gasteiger partial charge in [-0.25, -0.2) is 12.7 Å². The minimum atomic E-state index is -3.47. The summed E-state index contributed by atoms with van der Waals surface area (Å²) in [5, 5.41) is 3.51. The molecule has 1 aromatic rings. The van der Waals surface area contributed by atoms with E-state index in [4.69, 9.17) is 4.42 Å². The molecule has 0 aromatic carbocycles. The molecule has 21 heavy (non-hydrogen) atoms. The smallest absolute Gasteiger partial charge is 0.275 e. The van der Waals surface area contributed by atoms with Crippen molar-refractivity contribution in [1.82, 2.24) is 9.62 Å². The van der Waals surface area contributed by atoms with E-state index in [9.17, 15) is 8.42 Å². The summed E-state index contributed by atoms with van der Waals surface area (Å²) in [4.78, 5) is 0. The van der Waals surface area contributed by atoms with Crippen LogP contribution in [0.15, 0.2) is 21.6 Å². The quantitative estimate of drug-likeness (QED) is 0.907. The van der Waals surface area contributed by atoms with E-state index in [2.05, 4.69) is 5.32 Å². The van der Waals surface area contributed by atoms with Gasteiger partial charge < -0.3 is 9.73 Å². The lowest BCUT2D eigenvalue weighted by atomic mass is 9.97. The Labute approximate surface area is 127 Å². The maximum absolute atomic E-state index is 11.9. The van der Waals surface area contributed by atoms with Crippen molar-refractivity contribution in [2.45, 2.75) is 62.6 Å². The van der Waals surface area contributed by atoms with Gasteiger partial charge in [0.25, 0.3) is 10.0 Å².